The zero-order chi connectivity index (χ0) is 30.7. The average Bonchev–Trinajstić information content (AvgIpc) is 3.55. The quantitative estimate of drug-likeness (QED) is 0.136. The van der Waals surface area contributed by atoms with Gasteiger partial charge >= 0.3 is 0 Å². The molecule has 6 atom stereocenters. The smallest absolute Gasteiger partial charge is 0.259 e. The molecule has 42 heavy (non-hydrogen) atoms. The predicted octanol–water partition coefficient (Wildman–Crippen LogP) is 11.9. The van der Waals surface area contributed by atoms with Gasteiger partial charge in [0.15, 0.2) is 0 Å². The molecule has 0 saturated heterocycles. The summed E-state index contributed by atoms with van der Waals surface area (Å²) in [5, 5.41) is 0. The predicted molar refractivity (Wildman–Crippen MR) is 187 cm³/mol. The molecule has 0 heterocycles. The first-order valence-corrected chi connectivity index (χ1v) is 21.9. The Morgan fingerprint density at radius 3 is 1.31 bits per heavy atom. The Morgan fingerprint density at radius 1 is 0.643 bits per heavy atom. The summed E-state index contributed by atoms with van der Waals surface area (Å²) >= 11 is 0. The molecule has 4 rings (SSSR count). The summed E-state index contributed by atoms with van der Waals surface area (Å²) in [5.41, 5.74) is 2.30. The van der Waals surface area contributed by atoms with E-state index in [9.17, 15) is 0 Å². The second-order valence-corrected chi connectivity index (χ2v) is 24.9. The summed E-state index contributed by atoms with van der Waals surface area (Å²) in [7, 11) is -3.94. The first-order chi connectivity index (χ1) is 20.0. The summed E-state index contributed by atoms with van der Waals surface area (Å²) in [6, 6.07) is 2.07. The van der Waals surface area contributed by atoms with Gasteiger partial charge in [-0.25, -0.2) is 0 Å². The lowest BCUT2D eigenvalue weighted by molar-refractivity contribution is 0.254. The standard InChI is InChI=1S/C38H62O2Si2/c1-11-25-41(27(3)4,28(5)6)39-37-17-13-15-33-31(21-23-35(33)37)19-20-32-22-24-36-34(32)16-14-18-38(36)40-42(26-12-2,29(7)8)30(9)10/h11-18,27-36H,1-2,19-26H2,3-10H3. The van der Waals surface area contributed by atoms with Gasteiger partial charge in [-0.1, -0.05) is 91.8 Å². The number of hydrogen-bond donors (Lipinski definition) is 0. The van der Waals surface area contributed by atoms with Crippen molar-refractivity contribution >= 4 is 16.6 Å². The zero-order valence-corrected chi connectivity index (χ0v) is 30.3. The fraction of sp³-hybridized carbons (Fsp3) is 0.684. The van der Waals surface area contributed by atoms with Gasteiger partial charge in [-0.05, 0) is 109 Å². The van der Waals surface area contributed by atoms with Gasteiger partial charge in [0.1, 0.15) is 0 Å². The molecular formula is C38H62O2Si2. The normalized spacial score (nSPS) is 29.1. The molecule has 0 spiro atoms. The second-order valence-electron chi connectivity index (χ2n) is 15.2. The lowest BCUT2D eigenvalue weighted by atomic mass is 9.79. The summed E-state index contributed by atoms with van der Waals surface area (Å²) in [6.07, 6.45) is 26.4. The van der Waals surface area contributed by atoms with Crippen LogP contribution in [0.15, 0.2) is 73.3 Å². The van der Waals surface area contributed by atoms with Gasteiger partial charge in [0, 0.05) is 11.8 Å². The van der Waals surface area contributed by atoms with E-state index >= 15 is 0 Å². The van der Waals surface area contributed by atoms with Crippen LogP contribution >= 0.6 is 0 Å². The van der Waals surface area contributed by atoms with Crippen molar-refractivity contribution in [3.05, 3.63) is 73.3 Å². The maximum Gasteiger partial charge on any atom is 0.259 e. The molecule has 0 radical (unpaired) electrons. The molecule has 0 aliphatic heterocycles. The highest BCUT2D eigenvalue weighted by Crippen LogP contribution is 2.52. The Bertz CT molecular complexity index is 961. The van der Waals surface area contributed by atoms with E-state index in [1.807, 2.05) is 0 Å². The van der Waals surface area contributed by atoms with E-state index in [-0.39, 0.29) is 0 Å². The lowest BCUT2D eigenvalue weighted by Gasteiger charge is -2.42. The number of allylic oxidation sites excluding steroid dienone is 10. The zero-order valence-electron chi connectivity index (χ0n) is 28.3. The second kappa shape index (κ2) is 14.1. The highest BCUT2D eigenvalue weighted by Gasteiger charge is 2.48. The minimum Gasteiger partial charge on any atom is -0.545 e. The van der Waals surface area contributed by atoms with Crippen molar-refractivity contribution in [1.29, 1.82) is 0 Å². The molecule has 2 saturated carbocycles. The van der Waals surface area contributed by atoms with Crippen LogP contribution in [0, 0.1) is 35.5 Å². The molecule has 0 aromatic rings. The molecule has 0 bridgehead atoms. The van der Waals surface area contributed by atoms with E-state index in [4.69, 9.17) is 8.85 Å². The fourth-order valence-electron chi connectivity index (χ4n) is 9.31. The topological polar surface area (TPSA) is 18.5 Å². The van der Waals surface area contributed by atoms with Crippen molar-refractivity contribution in [3.8, 4) is 0 Å². The van der Waals surface area contributed by atoms with E-state index in [1.54, 1.807) is 0 Å². The Morgan fingerprint density at radius 2 is 1.00 bits per heavy atom. The Kier molecular flexibility index (Phi) is 11.2. The molecule has 4 aliphatic rings. The molecule has 4 aliphatic carbocycles. The molecule has 0 aromatic carbocycles. The monoisotopic (exact) mass is 606 g/mol. The molecule has 0 aromatic heterocycles. The van der Waals surface area contributed by atoms with Gasteiger partial charge < -0.3 is 8.85 Å². The maximum absolute atomic E-state index is 7.20. The molecular weight excluding hydrogens is 545 g/mol. The van der Waals surface area contributed by atoms with Crippen molar-refractivity contribution < 1.29 is 8.85 Å². The van der Waals surface area contributed by atoms with E-state index in [0.29, 0.717) is 45.8 Å². The van der Waals surface area contributed by atoms with E-state index < -0.39 is 16.6 Å². The van der Waals surface area contributed by atoms with Crippen molar-refractivity contribution in [2.45, 2.75) is 128 Å². The Labute approximate surface area is 261 Å². The van der Waals surface area contributed by atoms with E-state index in [1.165, 1.54) is 50.0 Å². The number of hydrogen-bond acceptors (Lipinski definition) is 2. The van der Waals surface area contributed by atoms with Crippen LogP contribution < -0.4 is 0 Å². The molecule has 4 heteroatoms. The Hall–Kier alpha value is -1.53. The van der Waals surface area contributed by atoms with Crippen LogP contribution in [0.2, 0.25) is 34.3 Å². The van der Waals surface area contributed by atoms with Crippen LogP contribution in [0.3, 0.4) is 0 Å². The van der Waals surface area contributed by atoms with E-state index in [2.05, 4.69) is 117 Å². The molecule has 234 valence electrons. The Balaban J connectivity index is 1.39. The summed E-state index contributed by atoms with van der Waals surface area (Å²) in [4.78, 5) is 0. The summed E-state index contributed by atoms with van der Waals surface area (Å²) < 4.78 is 14.4. The molecule has 6 unspecified atom stereocenters. The van der Waals surface area contributed by atoms with Crippen LogP contribution in [0.25, 0.3) is 0 Å². The summed E-state index contributed by atoms with van der Waals surface area (Å²) in [5.74, 6) is 6.56. The van der Waals surface area contributed by atoms with Crippen LogP contribution in [0.4, 0.5) is 0 Å². The van der Waals surface area contributed by atoms with Crippen LogP contribution in [-0.4, -0.2) is 16.6 Å². The molecule has 2 nitrogen and oxygen atoms in total. The lowest BCUT2D eigenvalue weighted by Crippen LogP contribution is -2.45. The highest BCUT2D eigenvalue weighted by molar-refractivity contribution is 6.77. The third-order valence-corrected chi connectivity index (χ3v) is 22.9. The first-order valence-electron chi connectivity index (χ1n) is 17.4. The maximum atomic E-state index is 7.20. The molecule has 2 fully saturated rings. The van der Waals surface area contributed by atoms with Crippen molar-refractivity contribution in [2.24, 2.45) is 35.5 Å². The minimum absolute atomic E-state index is 0.568. The average molecular weight is 607 g/mol. The van der Waals surface area contributed by atoms with Gasteiger partial charge in [0.25, 0.3) is 16.6 Å². The van der Waals surface area contributed by atoms with Gasteiger partial charge in [0.2, 0.25) is 0 Å². The van der Waals surface area contributed by atoms with E-state index in [0.717, 1.165) is 23.9 Å². The third kappa shape index (κ3) is 6.46. The van der Waals surface area contributed by atoms with Crippen molar-refractivity contribution in [1.82, 2.24) is 0 Å². The molecule has 0 N–H and O–H groups in total. The largest absolute Gasteiger partial charge is 0.545 e. The first kappa shape index (κ1) is 33.4. The van der Waals surface area contributed by atoms with Crippen molar-refractivity contribution in [3.63, 3.8) is 0 Å². The summed E-state index contributed by atoms with van der Waals surface area (Å²) in [6.45, 7) is 27.2. The number of rotatable bonds is 15. The SMILES string of the molecule is C=CC[Si](OC1=CC=CC2C(CCC3CCC4C(O[Si](CC=C)(C(C)C)C(C)C)=CC=CC34)CCC12)(C(C)C)C(C)C. The minimum atomic E-state index is -1.97. The highest BCUT2D eigenvalue weighted by atomic mass is 28.4. The van der Waals surface area contributed by atoms with Gasteiger partial charge in [-0.15, -0.1) is 13.2 Å². The molecule has 0 amide bonds. The van der Waals surface area contributed by atoms with Crippen LogP contribution in [-0.2, 0) is 8.85 Å². The van der Waals surface area contributed by atoms with Crippen molar-refractivity contribution in [2.75, 3.05) is 0 Å². The van der Waals surface area contributed by atoms with Gasteiger partial charge in [0.05, 0.1) is 11.5 Å². The van der Waals surface area contributed by atoms with Gasteiger partial charge in [-0.2, -0.15) is 0 Å². The third-order valence-electron chi connectivity index (χ3n) is 12.0. The van der Waals surface area contributed by atoms with Crippen LogP contribution in [0.5, 0.6) is 0 Å². The fourth-order valence-corrected chi connectivity index (χ4v) is 17.2. The van der Waals surface area contributed by atoms with Gasteiger partial charge in [-0.3, -0.25) is 0 Å². The van der Waals surface area contributed by atoms with Crippen LogP contribution in [0.1, 0.15) is 93.9 Å². The number of fused-ring (bicyclic) bond motifs is 2.